The van der Waals surface area contributed by atoms with Crippen molar-refractivity contribution in [2.24, 2.45) is 0 Å². The zero-order chi connectivity index (χ0) is 10.4. The molecular formula is C10H15NO2S. The Morgan fingerprint density at radius 2 is 2.50 bits per heavy atom. The molecule has 0 aliphatic rings. The van der Waals surface area contributed by atoms with Gasteiger partial charge in [0.25, 0.3) is 0 Å². The molecule has 0 saturated heterocycles. The molecule has 0 aromatic carbocycles. The first-order chi connectivity index (χ1) is 6.72. The summed E-state index contributed by atoms with van der Waals surface area (Å²) >= 11 is 1.71. The molecule has 14 heavy (non-hydrogen) atoms. The third kappa shape index (κ3) is 3.89. The SMILES string of the molecule is COC(=O)C[C@H](C)NCc1cccs1. The summed E-state index contributed by atoms with van der Waals surface area (Å²) in [5.74, 6) is -0.170. The van der Waals surface area contributed by atoms with Gasteiger partial charge < -0.3 is 10.1 Å². The van der Waals surface area contributed by atoms with Crippen LogP contribution in [0.15, 0.2) is 17.5 Å². The van der Waals surface area contributed by atoms with Crippen molar-refractivity contribution in [3.63, 3.8) is 0 Å². The maximum absolute atomic E-state index is 10.9. The van der Waals surface area contributed by atoms with Gasteiger partial charge in [0.2, 0.25) is 0 Å². The molecule has 0 bridgehead atoms. The van der Waals surface area contributed by atoms with E-state index in [0.717, 1.165) is 6.54 Å². The highest BCUT2D eigenvalue weighted by Crippen LogP contribution is 2.08. The minimum absolute atomic E-state index is 0.157. The molecule has 0 saturated carbocycles. The topological polar surface area (TPSA) is 38.3 Å². The van der Waals surface area contributed by atoms with Crippen molar-refractivity contribution in [3.05, 3.63) is 22.4 Å². The summed E-state index contributed by atoms with van der Waals surface area (Å²) in [6.07, 6.45) is 0.419. The molecule has 0 aliphatic heterocycles. The molecule has 1 atom stereocenters. The molecule has 78 valence electrons. The third-order valence-electron chi connectivity index (χ3n) is 1.91. The number of rotatable bonds is 5. The van der Waals surface area contributed by atoms with Gasteiger partial charge in [-0.3, -0.25) is 4.79 Å². The number of methoxy groups -OCH3 is 1. The fraction of sp³-hybridized carbons (Fsp3) is 0.500. The van der Waals surface area contributed by atoms with E-state index in [1.807, 2.05) is 18.4 Å². The minimum Gasteiger partial charge on any atom is -0.469 e. The Hall–Kier alpha value is -0.870. The number of thiophene rings is 1. The molecule has 0 spiro atoms. The summed E-state index contributed by atoms with van der Waals surface area (Å²) in [6.45, 7) is 2.79. The lowest BCUT2D eigenvalue weighted by Crippen LogP contribution is -2.28. The monoisotopic (exact) mass is 213 g/mol. The van der Waals surface area contributed by atoms with E-state index in [1.54, 1.807) is 11.3 Å². The third-order valence-corrected chi connectivity index (χ3v) is 2.78. The van der Waals surface area contributed by atoms with Crippen LogP contribution in [0.4, 0.5) is 0 Å². The van der Waals surface area contributed by atoms with E-state index in [1.165, 1.54) is 12.0 Å². The molecule has 3 nitrogen and oxygen atoms in total. The maximum atomic E-state index is 10.9. The van der Waals surface area contributed by atoms with Crippen molar-refractivity contribution >= 4 is 17.3 Å². The molecule has 1 N–H and O–H groups in total. The summed E-state index contributed by atoms with van der Waals surface area (Å²) in [5.41, 5.74) is 0. The van der Waals surface area contributed by atoms with E-state index in [0.29, 0.717) is 6.42 Å². The highest BCUT2D eigenvalue weighted by molar-refractivity contribution is 7.09. The van der Waals surface area contributed by atoms with Gasteiger partial charge >= 0.3 is 5.97 Å². The molecule has 1 aromatic heterocycles. The Labute approximate surface area is 88.1 Å². The molecule has 0 aliphatic carbocycles. The minimum atomic E-state index is -0.170. The number of esters is 1. The second kappa shape index (κ2) is 5.78. The number of hydrogen-bond acceptors (Lipinski definition) is 4. The zero-order valence-electron chi connectivity index (χ0n) is 8.45. The predicted octanol–water partition coefficient (Wildman–Crippen LogP) is 1.79. The van der Waals surface area contributed by atoms with Gasteiger partial charge in [0.05, 0.1) is 13.5 Å². The van der Waals surface area contributed by atoms with Crippen molar-refractivity contribution in [2.75, 3.05) is 7.11 Å². The Kier molecular flexibility index (Phi) is 4.62. The molecular weight excluding hydrogens is 198 g/mol. The van der Waals surface area contributed by atoms with E-state index < -0.39 is 0 Å². The fourth-order valence-corrected chi connectivity index (χ4v) is 1.75. The van der Waals surface area contributed by atoms with Crippen LogP contribution in [0.25, 0.3) is 0 Å². The molecule has 0 amide bonds. The summed E-state index contributed by atoms with van der Waals surface area (Å²) in [5, 5.41) is 5.30. The van der Waals surface area contributed by atoms with Crippen LogP contribution in [0.5, 0.6) is 0 Å². The first-order valence-corrected chi connectivity index (χ1v) is 5.43. The predicted molar refractivity (Wildman–Crippen MR) is 57.3 cm³/mol. The van der Waals surface area contributed by atoms with Crippen molar-refractivity contribution in [2.45, 2.75) is 25.9 Å². The second-order valence-corrected chi connectivity index (χ2v) is 4.17. The van der Waals surface area contributed by atoms with E-state index in [9.17, 15) is 4.79 Å². The largest absolute Gasteiger partial charge is 0.469 e. The number of nitrogens with one attached hydrogen (secondary N) is 1. The van der Waals surface area contributed by atoms with Gasteiger partial charge in [0, 0.05) is 17.5 Å². The molecule has 0 fully saturated rings. The molecule has 1 rings (SSSR count). The highest BCUT2D eigenvalue weighted by atomic mass is 32.1. The quantitative estimate of drug-likeness (QED) is 0.758. The van der Waals surface area contributed by atoms with E-state index in [2.05, 4.69) is 16.1 Å². The van der Waals surface area contributed by atoms with Crippen molar-refractivity contribution in [3.8, 4) is 0 Å². The molecule has 0 unspecified atom stereocenters. The number of hydrogen-bond donors (Lipinski definition) is 1. The summed E-state index contributed by atoms with van der Waals surface area (Å²) < 4.78 is 4.58. The molecule has 4 heteroatoms. The van der Waals surface area contributed by atoms with Crippen LogP contribution in [-0.2, 0) is 16.1 Å². The molecule has 1 heterocycles. The lowest BCUT2D eigenvalue weighted by atomic mass is 10.2. The normalized spacial score (nSPS) is 12.4. The summed E-state index contributed by atoms with van der Waals surface area (Å²) in [4.78, 5) is 12.2. The second-order valence-electron chi connectivity index (χ2n) is 3.14. The number of carbonyl (C=O) groups excluding carboxylic acids is 1. The first kappa shape index (κ1) is 11.2. The van der Waals surface area contributed by atoms with Gasteiger partial charge in [-0.25, -0.2) is 0 Å². The van der Waals surface area contributed by atoms with Crippen LogP contribution in [0.2, 0.25) is 0 Å². The zero-order valence-corrected chi connectivity index (χ0v) is 9.26. The standard InChI is InChI=1S/C10H15NO2S/c1-8(6-10(12)13-2)11-7-9-4-3-5-14-9/h3-5,8,11H,6-7H2,1-2H3/t8-/m0/s1. The lowest BCUT2D eigenvalue weighted by molar-refractivity contribution is -0.141. The van der Waals surface area contributed by atoms with Crippen molar-refractivity contribution in [1.29, 1.82) is 0 Å². The summed E-state index contributed by atoms with van der Waals surface area (Å²) in [7, 11) is 1.41. The average molecular weight is 213 g/mol. The van der Waals surface area contributed by atoms with E-state index >= 15 is 0 Å². The van der Waals surface area contributed by atoms with Crippen LogP contribution in [0.1, 0.15) is 18.2 Å². The van der Waals surface area contributed by atoms with E-state index in [4.69, 9.17) is 0 Å². The van der Waals surface area contributed by atoms with Gasteiger partial charge in [0.15, 0.2) is 0 Å². The number of ether oxygens (including phenoxy) is 1. The molecule has 1 aromatic rings. The summed E-state index contributed by atoms with van der Waals surface area (Å²) in [6, 6.07) is 4.25. The smallest absolute Gasteiger partial charge is 0.307 e. The Bertz CT molecular complexity index is 272. The van der Waals surface area contributed by atoms with Crippen LogP contribution in [0.3, 0.4) is 0 Å². The Morgan fingerprint density at radius 3 is 3.07 bits per heavy atom. The van der Waals surface area contributed by atoms with Crippen LogP contribution in [-0.4, -0.2) is 19.1 Å². The first-order valence-electron chi connectivity index (χ1n) is 4.55. The van der Waals surface area contributed by atoms with Crippen LogP contribution in [0, 0.1) is 0 Å². The fourth-order valence-electron chi connectivity index (χ4n) is 1.09. The van der Waals surface area contributed by atoms with Gasteiger partial charge in [-0.2, -0.15) is 0 Å². The van der Waals surface area contributed by atoms with Gasteiger partial charge in [-0.05, 0) is 18.4 Å². The maximum Gasteiger partial charge on any atom is 0.307 e. The molecule has 0 radical (unpaired) electrons. The van der Waals surface area contributed by atoms with Crippen LogP contribution < -0.4 is 5.32 Å². The lowest BCUT2D eigenvalue weighted by Gasteiger charge is -2.11. The van der Waals surface area contributed by atoms with E-state index in [-0.39, 0.29) is 12.0 Å². The Morgan fingerprint density at radius 1 is 1.71 bits per heavy atom. The van der Waals surface area contributed by atoms with Crippen molar-refractivity contribution < 1.29 is 9.53 Å². The van der Waals surface area contributed by atoms with Crippen LogP contribution >= 0.6 is 11.3 Å². The van der Waals surface area contributed by atoms with Crippen molar-refractivity contribution in [1.82, 2.24) is 5.32 Å². The highest BCUT2D eigenvalue weighted by Gasteiger charge is 2.08. The number of carbonyl (C=O) groups is 1. The van der Waals surface area contributed by atoms with Gasteiger partial charge in [-0.1, -0.05) is 6.07 Å². The van der Waals surface area contributed by atoms with Gasteiger partial charge in [-0.15, -0.1) is 11.3 Å². The van der Waals surface area contributed by atoms with Gasteiger partial charge in [0.1, 0.15) is 0 Å². The Balaban J connectivity index is 2.21. The average Bonchev–Trinajstić information content (AvgIpc) is 2.67.